The maximum Gasteiger partial charge on any atom is 0.245 e. The van der Waals surface area contributed by atoms with Crippen molar-refractivity contribution in [1.29, 1.82) is 0 Å². The van der Waals surface area contributed by atoms with E-state index in [1.54, 1.807) is 9.36 Å². The second kappa shape index (κ2) is 25.2. The van der Waals surface area contributed by atoms with Crippen LogP contribution in [-0.2, 0) is 30.8 Å². The van der Waals surface area contributed by atoms with Crippen molar-refractivity contribution in [1.82, 2.24) is 35.3 Å². The molecule has 0 saturated carbocycles. The number of carbonyl (C=O) groups is 1. The Morgan fingerprint density at radius 2 is 1.45 bits per heavy atom. The van der Waals surface area contributed by atoms with Gasteiger partial charge < -0.3 is 32.0 Å². The fraction of sp³-hybridized carbons (Fsp3) is 0.429. The Hall–Kier alpha value is -5.18. The number of halogens is 2. The van der Waals surface area contributed by atoms with E-state index in [2.05, 4.69) is 56.9 Å². The van der Waals surface area contributed by atoms with Gasteiger partial charge in [-0.25, -0.2) is 4.68 Å². The summed E-state index contributed by atoms with van der Waals surface area (Å²) in [6.07, 6.45) is 9.66. The zero-order valence-electron chi connectivity index (χ0n) is 33.5. The number of benzene rings is 3. The van der Waals surface area contributed by atoms with Crippen LogP contribution >= 0.6 is 24.8 Å². The van der Waals surface area contributed by atoms with E-state index in [0.717, 1.165) is 54.0 Å². The third-order valence-corrected chi connectivity index (χ3v) is 9.36. The standard InChI is InChI=1S/C42H57N11O3.2ClH/c1-31(2)23-26-55-39-19-8-6-16-36(39)37-17-7-9-20-40(37)56-30-35-28-52(50-49-35)27-33(15-10-11-24-43)47-41(54)38(18-12-25-46-42(44)45)53-29-34(48-51-53)22-21-32-13-4-3-5-14-32;;/h3-9,13-14,16-17,19-20,28-29,31,33,38H,10-12,15,18,21-27,30,43H2,1-2H3,(H,47,54)(H4,44,45,46);2*1H/t33-,38-;;/m1../s1. The molecule has 0 unspecified atom stereocenters. The Kier molecular flexibility index (Phi) is 20.5. The summed E-state index contributed by atoms with van der Waals surface area (Å²) >= 11 is 0. The van der Waals surface area contributed by atoms with Crippen LogP contribution in [0.15, 0.2) is 96.2 Å². The van der Waals surface area contributed by atoms with Crippen LogP contribution in [0.4, 0.5) is 0 Å². The first-order valence-corrected chi connectivity index (χ1v) is 19.6. The number of aryl methyl sites for hydroxylation is 2. The van der Waals surface area contributed by atoms with Gasteiger partial charge in [0.15, 0.2) is 5.96 Å². The minimum atomic E-state index is -0.607. The van der Waals surface area contributed by atoms with Gasteiger partial charge in [-0.3, -0.25) is 14.5 Å². The van der Waals surface area contributed by atoms with Crippen molar-refractivity contribution in [2.24, 2.45) is 28.1 Å². The highest BCUT2D eigenvalue weighted by atomic mass is 35.5. The topological polar surface area (TPSA) is 199 Å². The highest BCUT2D eigenvalue weighted by molar-refractivity contribution is 5.85. The zero-order chi connectivity index (χ0) is 39.5. The summed E-state index contributed by atoms with van der Waals surface area (Å²) in [6, 6.07) is 25.3. The number of ether oxygens (including phenoxy) is 2. The fourth-order valence-electron chi connectivity index (χ4n) is 6.32. The summed E-state index contributed by atoms with van der Waals surface area (Å²) < 4.78 is 15.9. The molecule has 2 heterocycles. The van der Waals surface area contributed by atoms with E-state index in [0.29, 0.717) is 63.5 Å². The molecule has 58 heavy (non-hydrogen) atoms. The maximum absolute atomic E-state index is 14.0. The highest BCUT2D eigenvalue weighted by Gasteiger charge is 2.25. The lowest BCUT2D eigenvalue weighted by atomic mass is 10.0. The molecule has 7 N–H and O–H groups in total. The number of nitrogens with one attached hydrogen (secondary N) is 1. The average Bonchev–Trinajstić information content (AvgIpc) is 3.86. The molecule has 16 heteroatoms. The smallest absolute Gasteiger partial charge is 0.245 e. The molecule has 5 rings (SSSR count). The van der Waals surface area contributed by atoms with Crippen molar-refractivity contribution in [3.63, 3.8) is 0 Å². The lowest BCUT2D eigenvalue weighted by molar-refractivity contribution is -0.125. The molecule has 0 aliphatic heterocycles. The monoisotopic (exact) mass is 835 g/mol. The number of aromatic nitrogens is 6. The molecule has 2 atom stereocenters. The second-order valence-electron chi connectivity index (χ2n) is 14.4. The minimum absolute atomic E-state index is 0. The van der Waals surface area contributed by atoms with Gasteiger partial charge >= 0.3 is 0 Å². The molecule has 2 aromatic heterocycles. The van der Waals surface area contributed by atoms with Gasteiger partial charge in [0.2, 0.25) is 5.91 Å². The number of amides is 1. The van der Waals surface area contributed by atoms with Crippen LogP contribution < -0.4 is 32.0 Å². The molecule has 5 aromatic rings. The van der Waals surface area contributed by atoms with Crippen LogP contribution in [0, 0.1) is 5.92 Å². The number of nitrogens with two attached hydrogens (primary N) is 3. The average molecular weight is 837 g/mol. The molecule has 0 spiro atoms. The molecule has 0 aliphatic carbocycles. The summed E-state index contributed by atoms with van der Waals surface area (Å²) in [5.74, 6) is 1.94. The summed E-state index contributed by atoms with van der Waals surface area (Å²) in [4.78, 5) is 18.1. The van der Waals surface area contributed by atoms with E-state index in [4.69, 9.17) is 26.7 Å². The molecule has 0 fully saturated rings. The quantitative estimate of drug-likeness (QED) is 0.0321. The molecule has 14 nitrogen and oxygen atoms in total. The first kappa shape index (κ1) is 47.2. The van der Waals surface area contributed by atoms with Crippen molar-refractivity contribution in [2.45, 2.75) is 90.4 Å². The van der Waals surface area contributed by atoms with Gasteiger partial charge in [0.25, 0.3) is 0 Å². The maximum atomic E-state index is 14.0. The number of hydrogen-bond acceptors (Lipinski definition) is 9. The fourth-order valence-corrected chi connectivity index (χ4v) is 6.32. The predicted octanol–water partition coefficient (Wildman–Crippen LogP) is 6.08. The third-order valence-electron chi connectivity index (χ3n) is 9.36. The number of hydrogen-bond donors (Lipinski definition) is 4. The number of para-hydroxylation sites is 2. The molecule has 0 saturated heterocycles. The van der Waals surface area contributed by atoms with E-state index in [-0.39, 0.29) is 49.3 Å². The second-order valence-corrected chi connectivity index (χ2v) is 14.4. The third kappa shape index (κ3) is 15.3. The zero-order valence-corrected chi connectivity index (χ0v) is 35.1. The first-order chi connectivity index (χ1) is 27.3. The molecule has 3 aromatic carbocycles. The number of guanidine groups is 1. The summed E-state index contributed by atoms with van der Waals surface area (Å²) in [7, 11) is 0. The van der Waals surface area contributed by atoms with Crippen molar-refractivity contribution < 1.29 is 14.3 Å². The van der Waals surface area contributed by atoms with Crippen molar-refractivity contribution >= 4 is 36.7 Å². The van der Waals surface area contributed by atoms with Gasteiger partial charge in [-0.1, -0.05) is 97.4 Å². The molecular formula is C42H59Cl2N11O3. The van der Waals surface area contributed by atoms with Crippen LogP contribution in [0.1, 0.15) is 75.4 Å². The van der Waals surface area contributed by atoms with Gasteiger partial charge in [-0.05, 0) is 75.1 Å². The van der Waals surface area contributed by atoms with E-state index in [1.807, 2.05) is 79.1 Å². The van der Waals surface area contributed by atoms with E-state index in [1.165, 1.54) is 5.56 Å². The molecule has 0 bridgehead atoms. The summed E-state index contributed by atoms with van der Waals surface area (Å²) in [5, 5.41) is 20.9. The number of rotatable bonds is 24. The Labute approximate surface area is 354 Å². The molecule has 0 radical (unpaired) electrons. The molecule has 1 amide bonds. The summed E-state index contributed by atoms with van der Waals surface area (Å²) in [5.41, 5.74) is 21.5. The van der Waals surface area contributed by atoms with E-state index < -0.39 is 6.04 Å². The number of unbranched alkanes of at least 4 members (excludes halogenated alkanes) is 1. The molecular weight excluding hydrogens is 777 g/mol. The number of nitrogens with zero attached hydrogens (tertiary/aromatic N) is 7. The normalized spacial score (nSPS) is 11.9. The lowest BCUT2D eigenvalue weighted by Crippen LogP contribution is -2.42. The predicted molar refractivity (Wildman–Crippen MR) is 233 cm³/mol. The molecule has 314 valence electrons. The highest BCUT2D eigenvalue weighted by Crippen LogP contribution is 2.36. The van der Waals surface area contributed by atoms with Gasteiger partial charge in [-0.2, -0.15) is 0 Å². The Morgan fingerprint density at radius 1 is 0.776 bits per heavy atom. The van der Waals surface area contributed by atoms with Crippen molar-refractivity contribution in [2.75, 3.05) is 19.7 Å². The van der Waals surface area contributed by atoms with E-state index in [9.17, 15) is 4.79 Å². The van der Waals surface area contributed by atoms with Crippen LogP contribution in [-0.4, -0.2) is 67.6 Å². The Morgan fingerprint density at radius 3 is 2.14 bits per heavy atom. The first-order valence-electron chi connectivity index (χ1n) is 19.6. The minimum Gasteiger partial charge on any atom is -0.493 e. The number of aliphatic imine (C=N–C) groups is 1. The summed E-state index contributed by atoms with van der Waals surface area (Å²) in [6.45, 7) is 6.62. The number of carbonyl (C=O) groups excluding carboxylic acids is 1. The van der Waals surface area contributed by atoms with Gasteiger partial charge in [0.05, 0.1) is 25.0 Å². The van der Waals surface area contributed by atoms with E-state index >= 15 is 0 Å². The van der Waals surface area contributed by atoms with Gasteiger partial charge in [0.1, 0.15) is 29.8 Å². The van der Waals surface area contributed by atoms with Crippen LogP contribution in [0.2, 0.25) is 0 Å². The largest absolute Gasteiger partial charge is 0.493 e. The van der Waals surface area contributed by atoms with Gasteiger partial charge in [-0.15, -0.1) is 35.0 Å². The SMILES string of the molecule is CC(C)CCOc1ccccc1-c1ccccc1OCc1cn(C[C@@H](CCCCN)NC(=O)[C@@H](CCCN=C(N)N)n2cc(CCc3ccccc3)nn2)nn1.Cl.Cl. The van der Waals surface area contributed by atoms with Crippen LogP contribution in [0.25, 0.3) is 11.1 Å². The Balaban J connectivity index is 0.00000450. The van der Waals surface area contributed by atoms with Crippen LogP contribution in [0.5, 0.6) is 11.5 Å². The molecule has 0 aliphatic rings. The van der Waals surface area contributed by atoms with Gasteiger partial charge in [0, 0.05) is 29.9 Å². The van der Waals surface area contributed by atoms with Crippen LogP contribution in [0.3, 0.4) is 0 Å². The van der Waals surface area contributed by atoms with Crippen molar-refractivity contribution in [3.8, 4) is 22.6 Å². The Bertz CT molecular complexity index is 1950. The van der Waals surface area contributed by atoms with Crippen molar-refractivity contribution in [3.05, 3.63) is 108 Å². The lowest BCUT2D eigenvalue weighted by Gasteiger charge is -2.23.